The van der Waals surface area contributed by atoms with Crippen molar-refractivity contribution in [2.45, 2.75) is 13.5 Å². The van der Waals surface area contributed by atoms with E-state index in [2.05, 4.69) is 35.6 Å². The summed E-state index contributed by atoms with van der Waals surface area (Å²) in [5.74, 6) is 1.36. The van der Waals surface area contributed by atoms with Crippen molar-refractivity contribution >= 4 is 34.3 Å². The largest absolute Gasteiger partial charge is 0.357 e. The van der Waals surface area contributed by atoms with Gasteiger partial charge in [-0.3, -0.25) is 0 Å². The Bertz CT molecular complexity index is 732. The second kappa shape index (κ2) is 5.04. The molecule has 0 amide bonds. The number of fused-ring (bicyclic) bond motifs is 1. The number of aryl methyl sites for hydroxylation is 1. The van der Waals surface area contributed by atoms with Crippen molar-refractivity contribution in [2.24, 2.45) is 0 Å². The first kappa shape index (κ1) is 12.8. The first-order valence-corrected chi connectivity index (χ1v) is 7.06. The van der Waals surface area contributed by atoms with E-state index in [1.54, 1.807) is 24.7 Å². The Morgan fingerprint density at radius 3 is 2.90 bits per heavy atom. The fourth-order valence-electron chi connectivity index (χ4n) is 2.00. The molecule has 20 heavy (non-hydrogen) atoms. The van der Waals surface area contributed by atoms with E-state index in [1.807, 2.05) is 18.9 Å². The molecule has 0 radical (unpaired) electrons. The number of thiazole rings is 1. The van der Waals surface area contributed by atoms with Crippen molar-refractivity contribution in [1.82, 2.24) is 24.9 Å². The summed E-state index contributed by atoms with van der Waals surface area (Å²) in [6.45, 7) is 2.70. The number of aromatic nitrogens is 5. The summed E-state index contributed by atoms with van der Waals surface area (Å²) >= 11 is 1.65. The zero-order valence-corrected chi connectivity index (χ0v) is 12.3. The maximum absolute atomic E-state index is 4.50. The molecule has 3 rings (SSSR count). The third kappa shape index (κ3) is 2.29. The average Bonchev–Trinajstić information content (AvgIpc) is 3.06. The van der Waals surface area contributed by atoms with E-state index in [4.69, 9.17) is 0 Å². The first-order chi connectivity index (χ1) is 9.67. The third-order valence-electron chi connectivity index (χ3n) is 2.92. The number of H-pyrrole nitrogens is 1. The van der Waals surface area contributed by atoms with Gasteiger partial charge in [0.15, 0.2) is 11.5 Å². The number of anilines is 2. The second-order valence-electron chi connectivity index (χ2n) is 4.44. The van der Waals surface area contributed by atoms with Crippen LogP contribution in [0.25, 0.3) is 11.2 Å². The van der Waals surface area contributed by atoms with Gasteiger partial charge >= 0.3 is 0 Å². The molecule has 0 aliphatic heterocycles. The van der Waals surface area contributed by atoms with E-state index >= 15 is 0 Å². The molecule has 0 spiro atoms. The van der Waals surface area contributed by atoms with Crippen LogP contribution in [-0.2, 0) is 6.54 Å². The summed E-state index contributed by atoms with van der Waals surface area (Å²) in [4.78, 5) is 22.6. The van der Waals surface area contributed by atoms with Gasteiger partial charge in [-0.15, -0.1) is 11.3 Å². The summed E-state index contributed by atoms with van der Waals surface area (Å²) in [5, 5.41) is 6.09. The molecule has 2 N–H and O–H groups in total. The van der Waals surface area contributed by atoms with Gasteiger partial charge in [-0.2, -0.15) is 9.97 Å². The van der Waals surface area contributed by atoms with Crippen LogP contribution in [0.1, 0.15) is 10.7 Å². The minimum Gasteiger partial charge on any atom is -0.357 e. The molecule has 0 saturated carbocycles. The highest BCUT2D eigenvalue weighted by molar-refractivity contribution is 7.09. The molecule has 0 fully saturated rings. The van der Waals surface area contributed by atoms with Crippen molar-refractivity contribution in [3.63, 3.8) is 0 Å². The van der Waals surface area contributed by atoms with Crippen LogP contribution in [-0.4, -0.2) is 39.0 Å². The molecule has 0 aliphatic rings. The summed E-state index contributed by atoms with van der Waals surface area (Å²) in [6, 6.07) is 0. The van der Waals surface area contributed by atoms with E-state index in [0.29, 0.717) is 18.1 Å². The summed E-state index contributed by atoms with van der Waals surface area (Å²) in [5.41, 5.74) is 2.52. The average molecular weight is 289 g/mol. The summed E-state index contributed by atoms with van der Waals surface area (Å²) in [7, 11) is 3.78. The van der Waals surface area contributed by atoms with Crippen molar-refractivity contribution in [3.05, 3.63) is 22.4 Å². The van der Waals surface area contributed by atoms with Crippen molar-refractivity contribution in [2.75, 3.05) is 24.3 Å². The molecule has 7 nitrogen and oxygen atoms in total. The fourth-order valence-corrected chi connectivity index (χ4v) is 2.61. The van der Waals surface area contributed by atoms with Crippen LogP contribution in [0.15, 0.2) is 11.7 Å². The van der Waals surface area contributed by atoms with Crippen LogP contribution in [0, 0.1) is 6.92 Å². The van der Waals surface area contributed by atoms with Crippen molar-refractivity contribution in [3.8, 4) is 0 Å². The highest BCUT2D eigenvalue weighted by atomic mass is 32.1. The lowest BCUT2D eigenvalue weighted by atomic mass is 10.4. The maximum atomic E-state index is 4.50. The van der Waals surface area contributed by atoms with Crippen LogP contribution in [0.4, 0.5) is 11.8 Å². The topological polar surface area (TPSA) is 82.6 Å². The molecular formula is C12H15N7S. The number of aromatic amines is 1. The van der Waals surface area contributed by atoms with Crippen LogP contribution >= 0.6 is 11.3 Å². The Balaban J connectivity index is 1.97. The quantitative estimate of drug-likeness (QED) is 0.762. The van der Waals surface area contributed by atoms with Crippen LogP contribution < -0.4 is 10.2 Å². The number of hydrogen-bond donors (Lipinski definition) is 2. The molecule has 0 saturated heterocycles. The van der Waals surface area contributed by atoms with Gasteiger partial charge in [0, 0.05) is 19.5 Å². The zero-order valence-electron chi connectivity index (χ0n) is 11.5. The molecule has 0 bridgehead atoms. The number of nitrogens with one attached hydrogen (secondary N) is 2. The van der Waals surface area contributed by atoms with Crippen LogP contribution in [0.5, 0.6) is 0 Å². The molecule has 8 heteroatoms. The highest BCUT2D eigenvalue weighted by Crippen LogP contribution is 2.23. The maximum Gasteiger partial charge on any atom is 0.226 e. The number of imidazole rings is 1. The molecule has 3 aromatic rings. The lowest BCUT2D eigenvalue weighted by Gasteiger charge is -2.17. The summed E-state index contributed by atoms with van der Waals surface area (Å²) < 4.78 is 0. The monoisotopic (exact) mass is 289 g/mol. The number of rotatable bonds is 4. The van der Waals surface area contributed by atoms with Crippen molar-refractivity contribution < 1.29 is 0 Å². The molecule has 0 unspecified atom stereocenters. The van der Waals surface area contributed by atoms with Gasteiger partial charge in [0.1, 0.15) is 5.52 Å². The van der Waals surface area contributed by atoms with Crippen LogP contribution in [0.3, 0.4) is 0 Å². The molecule has 3 aromatic heterocycles. The Labute approximate surface area is 120 Å². The number of nitrogens with zero attached hydrogens (tertiary/aromatic N) is 5. The predicted molar refractivity (Wildman–Crippen MR) is 80.2 cm³/mol. The Hall–Kier alpha value is -2.22. The molecule has 104 valence electrons. The molecule has 0 atom stereocenters. The minimum absolute atomic E-state index is 0.556. The lowest BCUT2D eigenvalue weighted by Crippen LogP contribution is -2.19. The van der Waals surface area contributed by atoms with Gasteiger partial charge in [0.2, 0.25) is 5.95 Å². The van der Waals surface area contributed by atoms with E-state index in [1.165, 1.54) is 0 Å². The van der Waals surface area contributed by atoms with Gasteiger partial charge < -0.3 is 15.2 Å². The van der Waals surface area contributed by atoms with E-state index < -0.39 is 0 Å². The Morgan fingerprint density at radius 2 is 2.20 bits per heavy atom. The predicted octanol–water partition coefficient (Wildman–Crippen LogP) is 1.80. The van der Waals surface area contributed by atoms with Gasteiger partial charge in [0.25, 0.3) is 0 Å². The SMILES string of the molecule is CNc1nc(N(C)Cc2csc(C)n2)c2[nH]cnc2n1. The van der Waals surface area contributed by atoms with Gasteiger partial charge in [-0.25, -0.2) is 9.97 Å². The van der Waals surface area contributed by atoms with Gasteiger partial charge in [0.05, 0.1) is 23.6 Å². The Kier molecular flexibility index (Phi) is 3.23. The first-order valence-electron chi connectivity index (χ1n) is 6.18. The van der Waals surface area contributed by atoms with Crippen molar-refractivity contribution in [1.29, 1.82) is 0 Å². The second-order valence-corrected chi connectivity index (χ2v) is 5.50. The minimum atomic E-state index is 0.556. The fraction of sp³-hybridized carbons (Fsp3) is 0.333. The van der Waals surface area contributed by atoms with Gasteiger partial charge in [-0.1, -0.05) is 0 Å². The molecule has 0 aliphatic carbocycles. The smallest absolute Gasteiger partial charge is 0.226 e. The highest BCUT2D eigenvalue weighted by Gasteiger charge is 2.14. The third-order valence-corrected chi connectivity index (χ3v) is 3.74. The zero-order chi connectivity index (χ0) is 14.1. The Morgan fingerprint density at radius 1 is 1.35 bits per heavy atom. The molecule has 3 heterocycles. The lowest BCUT2D eigenvalue weighted by molar-refractivity contribution is 0.872. The molecular weight excluding hydrogens is 274 g/mol. The van der Waals surface area contributed by atoms with E-state index in [0.717, 1.165) is 22.0 Å². The van der Waals surface area contributed by atoms with Gasteiger partial charge in [-0.05, 0) is 6.92 Å². The van der Waals surface area contributed by atoms with E-state index in [-0.39, 0.29) is 0 Å². The summed E-state index contributed by atoms with van der Waals surface area (Å²) in [6.07, 6.45) is 1.63. The number of hydrogen-bond acceptors (Lipinski definition) is 7. The standard InChI is InChI=1S/C12H15N7S/c1-7-16-8(5-20-7)4-19(3)11-9-10(15-6-14-9)17-12(13-2)18-11/h5-6H,4H2,1-3H3,(H2,13,14,15,17,18). The molecule has 0 aromatic carbocycles. The van der Waals surface area contributed by atoms with Crippen LogP contribution in [0.2, 0.25) is 0 Å². The van der Waals surface area contributed by atoms with E-state index in [9.17, 15) is 0 Å². The normalized spacial score (nSPS) is 10.9.